The summed E-state index contributed by atoms with van der Waals surface area (Å²) >= 11 is 0. The Morgan fingerprint density at radius 3 is 3.00 bits per heavy atom. The number of anilines is 1. The lowest BCUT2D eigenvalue weighted by Gasteiger charge is -2.20. The highest BCUT2D eigenvalue weighted by Crippen LogP contribution is 2.19. The third-order valence-corrected chi connectivity index (χ3v) is 3.63. The first-order chi connectivity index (χ1) is 10.1. The molecule has 1 atom stereocenters. The molecule has 0 saturated carbocycles. The standard InChI is InChI=1S/C15H20N2O4/c1-21-12-5-2-4-11(10-12)16-14(18)7-9-17-8-3-6-13(17)15(19)20/h2,4-5,10,13H,3,6-9H2,1H3,(H,16,18)(H,19,20)/t13-/m0/s1. The second-order valence-electron chi connectivity index (χ2n) is 5.06. The normalized spacial score (nSPS) is 18.4. The average molecular weight is 292 g/mol. The van der Waals surface area contributed by atoms with E-state index in [9.17, 15) is 9.59 Å². The summed E-state index contributed by atoms with van der Waals surface area (Å²) in [7, 11) is 1.57. The van der Waals surface area contributed by atoms with E-state index in [1.54, 1.807) is 31.4 Å². The molecule has 6 nitrogen and oxygen atoms in total. The van der Waals surface area contributed by atoms with Gasteiger partial charge in [-0.3, -0.25) is 14.5 Å². The molecule has 0 aromatic heterocycles. The minimum absolute atomic E-state index is 0.126. The number of carboxylic acids is 1. The summed E-state index contributed by atoms with van der Waals surface area (Å²) in [4.78, 5) is 24.8. The maximum absolute atomic E-state index is 11.9. The van der Waals surface area contributed by atoms with Gasteiger partial charge in [0.1, 0.15) is 11.8 Å². The molecule has 6 heteroatoms. The Morgan fingerprint density at radius 2 is 2.29 bits per heavy atom. The fourth-order valence-electron chi connectivity index (χ4n) is 2.54. The van der Waals surface area contributed by atoms with Crippen molar-refractivity contribution in [2.24, 2.45) is 0 Å². The van der Waals surface area contributed by atoms with Crippen LogP contribution in [0.5, 0.6) is 5.75 Å². The predicted octanol–water partition coefficient (Wildman–Crippen LogP) is 1.57. The molecule has 0 unspecified atom stereocenters. The molecule has 2 rings (SSSR count). The molecule has 1 aliphatic heterocycles. The van der Waals surface area contributed by atoms with Crippen molar-refractivity contribution in [3.05, 3.63) is 24.3 Å². The van der Waals surface area contributed by atoms with Gasteiger partial charge in [-0.25, -0.2) is 0 Å². The lowest BCUT2D eigenvalue weighted by atomic mass is 10.2. The molecular weight excluding hydrogens is 272 g/mol. The Kier molecular flexibility index (Phi) is 5.16. The summed E-state index contributed by atoms with van der Waals surface area (Å²) in [6.07, 6.45) is 1.81. The van der Waals surface area contributed by atoms with Gasteiger partial charge in [0.25, 0.3) is 0 Å². The van der Waals surface area contributed by atoms with Gasteiger partial charge < -0.3 is 15.2 Å². The van der Waals surface area contributed by atoms with Crippen molar-refractivity contribution in [2.45, 2.75) is 25.3 Å². The highest BCUT2D eigenvalue weighted by atomic mass is 16.5. The number of carboxylic acid groups (broad SMARTS) is 1. The number of likely N-dealkylation sites (tertiary alicyclic amines) is 1. The number of benzene rings is 1. The number of ether oxygens (including phenoxy) is 1. The van der Waals surface area contributed by atoms with E-state index in [0.29, 0.717) is 24.4 Å². The molecule has 1 saturated heterocycles. The van der Waals surface area contributed by atoms with E-state index in [1.165, 1.54) is 0 Å². The Hall–Kier alpha value is -2.08. The number of carbonyl (C=O) groups is 2. The zero-order valence-electron chi connectivity index (χ0n) is 12.0. The first-order valence-electron chi connectivity index (χ1n) is 7.01. The first kappa shape index (κ1) is 15.3. The molecule has 21 heavy (non-hydrogen) atoms. The molecule has 0 aliphatic carbocycles. The van der Waals surface area contributed by atoms with Crippen LogP contribution in [-0.2, 0) is 9.59 Å². The molecule has 1 heterocycles. The molecule has 1 amide bonds. The number of methoxy groups -OCH3 is 1. The van der Waals surface area contributed by atoms with Crippen molar-refractivity contribution in [3.63, 3.8) is 0 Å². The molecule has 0 bridgehead atoms. The monoisotopic (exact) mass is 292 g/mol. The van der Waals surface area contributed by atoms with E-state index >= 15 is 0 Å². The number of nitrogens with zero attached hydrogens (tertiary/aromatic N) is 1. The van der Waals surface area contributed by atoms with Gasteiger partial charge in [0.2, 0.25) is 5.91 Å². The van der Waals surface area contributed by atoms with E-state index < -0.39 is 12.0 Å². The van der Waals surface area contributed by atoms with Crippen LogP contribution in [0.2, 0.25) is 0 Å². The van der Waals surface area contributed by atoms with Crippen LogP contribution in [-0.4, -0.2) is 48.1 Å². The Balaban J connectivity index is 1.83. The third-order valence-electron chi connectivity index (χ3n) is 3.63. The Morgan fingerprint density at radius 1 is 1.48 bits per heavy atom. The molecule has 0 radical (unpaired) electrons. The van der Waals surface area contributed by atoms with E-state index in [4.69, 9.17) is 9.84 Å². The van der Waals surface area contributed by atoms with Gasteiger partial charge in [-0.1, -0.05) is 6.07 Å². The van der Waals surface area contributed by atoms with Gasteiger partial charge in [-0.05, 0) is 31.5 Å². The minimum Gasteiger partial charge on any atom is -0.497 e. The Bertz CT molecular complexity index is 518. The van der Waals surface area contributed by atoms with Crippen molar-refractivity contribution in [3.8, 4) is 5.75 Å². The molecule has 1 fully saturated rings. The smallest absolute Gasteiger partial charge is 0.320 e. The molecular formula is C15H20N2O4. The van der Waals surface area contributed by atoms with Crippen LogP contribution in [0.15, 0.2) is 24.3 Å². The van der Waals surface area contributed by atoms with E-state index in [0.717, 1.165) is 13.0 Å². The summed E-state index contributed by atoms with van der Waals surface area (Å²) in [6, 6.07) is 6.69. The van der Waals surface area contributed by atoms with Crippen LogP contribution in [0.1, 0.15) is 19.3 Å². The topological polar surface area (TPSA) is 78.9 Å². The summed E-state index contributed by atoms with van der Waals surface area (Å²) in [5.41, 5.74) is 0.676. The van der Waals surface area contributed by atoms with Crippen molar-refractivity contribution >= 4 is 17.6 Å². The summed E-state index contributed by atoms with van der Waals surface area (Å²) in [5.74, 6) is -0.252. The maximum Gasteiger partial charge on any atom is 0.320 e. The maximum atomic E-state index is 11.9. The number of hydrogen-bond donors (Lipinski definition) is 2. The number of carbonyl (C=O) groups excluding carboxylic acids is 1. The van der Waals surface area contributed by atoms with E-state index in [-0.39, 0.29) is 12.3 Å². The SMILES string of the molecule is COc1cccc(NC(=O)CCN2CCC[C@H]2C(=O)O)c1. The van der Waals surface area contributed by atoms with Crippen molar-refractivity contribution in [2.75, 3.05) is 25.5 Å². The molecule has 1 aromatic carbocycles. The summed E-state index contributed by atoms with van der Waals surface area (Å²) < 4.78 is 5.09. The number of nitrogens with one attached hydrogen (secondary N) is 1. The highest BCUT2D eigenvalue weighted by Gasteiger charge is 2.30. The van der Waals surface area contributed by atoms with Crippen LogP contribution >= 0.6 is 0 Å². The molecule has 1 aliphatic rings. The fourth-order valence-corrected chi connectivity index (χ4v) is 2.54. The first-order valence-corrected chi connectivity index (χ1v) is 7.01. The third kappa shape index (κ3) is 4.19. The molecule has 114 valence electrons. The minimum atomic E-state index is -0.805. The van der Waals surface area contributed by atoms with Crippen molar-refractivity contribution in [1.82, 2.24) is 4.90 Å². The lowest BCUT2D eigenvalue weighted by Crippen LogP contribution is -2.37. The van der Waals surface area contributed by atoms with Crippen LogP contribution in [0, 0.1) is 0 Å². The second-order valence-corrected chi connectivity index (χ2v) is 5.06. The van der Waals surface area contributed by atoms with Crippen molar-refractivity contribution < 1.29 is 19.4 Å². The van der Waals surface area contributed by atoms with Gasteiger partial charge >= 0.3 is 5.97 Å². The number of amides is 1. The molecule has 1 aromatic rings. The summed E-state index contributed by atoms with van der Waals surface area (Å²) in [5, 5.41) is 11.9. The number of aliphatic carboxylic acids is 1. The van der Waals surface area contributed by atoms with Gasteiger partial charge in [-0.2, -0.15) is 0 Å². The van der Waals surface area contributed by atoms with Crippen LogP contribution < -0.4 is 10.1 Å². The predicted molar refractivity (Wildman–Crippen MR) is 78.5 cm³/mol. The zero-order valence-corrected chi connectivity index (χ0v) is 12.0. The largest absolute Gasteiger partial charge is 0.497 e. The molecule has 0 spiro atoms. The Labute approximate surface area is 123 Å². The van der Waals surface area contributed by atoms with Gasteiger partial charge in [0.15, 0.2) is 0 Å². The number of rotatable bonds is 6. The van der Waals surface area contributed by atoms with Crippen LogP contribution in [0.25, 0.3) is 0 Å². The average Bonchev–Trinajstić information content (AvgIpc) is 2.94. The quantitative estimate of drug-likeness (QED) is 0.832. The highest BCUT2D eigenvalue weighted by molar-refractivity contribution is 5.91. The van der Waals surface area contributed by atoms with Gasteiger partial charge in [0, 0.05) is 24.7 Å². The molecule has 2 N–H and O–H groups in total. The lowest BCUT2D eigenvalue weighted by molar-refractivity contribution is -0.142. The number of hydrogen-bond acceptors (Lipinski definition) is 4. The van der Waals surface area contributed by atoms with Gasteiger partial charge in [-0.15, -0.1) is 0 Å². The second kappa shape index (κ2) is 7.08. The van der Waals surface area contributed by atoms with Crippen molar-refractivity contribution in [1.29, 1.82) is 0 Å². The van der Waals surface area contributed by atoms with E-state index in [1.807, 2.05) is 4.90 Å². The van der Waals surface area contributed by atoms with E-state index in [2.05, 4.69) is 5.32 Å². The fraction of sp³-hybridized carbons (Fsp3) is 0.467. The van der Waals surface area contributed by atoms with Crippen LogP contribution in [0.3, 0.4) is 0 Å². The zero-order chi connectivity index (χ0) is 15.2. The summed E-state index contributed by atoms with van der Waals surface area (Å²) in [6.45, 7) is 1.20. The van der Waals surface area contributed by atoms with Crippen LogP contribution in [0.4, 0.5) is 5.69 Å². The van der Waals surface area contributed by atoms with Gasteiger partial charge in [0.05, 0.1) is 7.11 Å².